The van der Waals surface area contributed by atoms with Gasteiger partial charge in [-0.2, -0.15) is 0 Å². The van der Waals surface area contributed by atoms with Crippen molar-refractivity contribution in [3.8, 4) is 0 Å². The van der Waals surface area contributed by atoms with Crippen LogP contribution < -0.4 is 10.6 Å². The molecule has 12 heteroatoms. The lowest BCUT2D eigenvalue weighted by atomic mass is 10.2. The van der Waals surface area contributed by atoms with Crippen LogP contribution in [-0.2, 0) is 18.4 Å². The minimum Gasteiger partial charge on any atom is -0.345 e. The van der Waals surface area contributed by atoms with Crippen LogP contribution in [0.2, 0.25) is 0 Å². The number of nitrogens with one attached hydrogen (secondary N) is 2. The molecule has 0 saturated carbocycles. The number of aryl methyl sites for hydroxylation is 1. The monoisotopic (exact) mass is 441 g/mol. The van der Waals surface area contributed by atoms with Crippen LogP contribution in [0.5, 0.6) is 0 Å². The minimum atomic E-state index is -0.561. The number of carbonyl (C=O) groups is 2. The Labute approximate surface area is 181 Å². The van der Waals surface area contributed by atoms with Crippen LogP contribution in [0.15, 0.2) is 47.8 Å². The standard InChI is InChI=1S/C19H19N7O4S/c1-12-5-4-8-20-17(12)22-16(27)11-31-19-24-23-15(25(19)2)10-21-18(28)13-6-3-7-14(9-13)26(29)30/h3-9H,10-11H2,1-2H3,(H,21,28)(H,20,22,27). The summed E-state index contributed by atoms with van der Waals surface area (Å²) in [7, 11) is 1.72. The lowest BCUT2D eigenvalue weighted by Crippen LogP contribution is -2.24. The van der Waals surface area contributed by atoms with Gasteiger partial charge in [0.1, 0.15) is 5.82 Å². The predicted molar refractivity (Wildman–Crippen MR) is 114 cm³/mol. The molecular weight excluding hydrogens is 422 g/mol. The van der Waals surface area contributed by atoms with E-state index in [4.69, 9.17) is 0 Å². The maximum Gasteiger partial charge on any atom is 0.270 e. The van der Waals surface area contributed by atoms with Crippen LogP contribution in [0.3, 0.4) is 0 Å². The molecule has 0 aliphatic carbocycles. The van der Waals surface area contributed by atoms with Gasteiger partial charge in [0.25, 0.3) is 11.6 Å². The van der Waals surface area contributed by atoms with E-state index in [1.165, 1.54) is 36.0 Å². The summed E-state index contributed by atoms with van der Waals surface area (Å²) >= 11 is 1.20. The fraction of sp³-hybridized carbons (Fsp3) is 0.211. The first kappa shape index (κ1) is 21.9. The third-order valence-corrected chi connectivity index (χ3v) is 5.27. The number of thioether (sulfide) groups is 1. The number of carbonyl (C=O) groups excluding carboxylic acids is 2. The molecule has 0 saturated heterocycles. The number of aromatic nitrogens is 4. The summed E-state index contributed by atoms with van der Waals surface area (Å²) in [6.45, 7) is 1.93. The highest BCUT2D eigenvalue weighted by molar-refractivity contribution is 7.99. The molecule has 0 bridgehead atoms. The molecule has 3 aromatic rings. The summed E-state index contributed by atoms with van der Waals surface area (Å²) in [6.07, 6.45) is 1.60. The molecule has 2 aromatic heterocycles. The summed E-state index contributed by atoms with van der Waals surface area (Å²) in [5, 5.41) is 24.8. The molecule has 2 heterocycles. The van der Waals surface area contributed by atoms with Gasteiger partial charge in [0.15, 0.2) is 11.0 Å². The zero-order valence-electron chi connectivity index (χ0n) is 16.7. The molecule has 0 atom stereocenters. The van der Waals surface area contributed by atoms with Crippen LogP contribution in [0.25, 0.3) is 0 Å². The van der Waals surface area contributed by atoms with Gasteiger partial charge in [0, 0.05) is 30.9 Å². The first-order chi connectivity index (χ1) is 14.8. The third kappa shape index (κ3) is 5.63. The lowest BCUT2D eigenvalue weighted by Gasteiger charge is -2.07. The Kier molecular flexibility index (Phi) is 6.92. The Morgan fingerprint density at radius 2 is 2.03 bits per heavy atom. The molecule has 1 aromatic carbocycles. The van der Waals surface area contributed by atoms with Gasteiger partial charge in [-0.15, -0.1) is 10.2 Å². The van der Waals surface area contributed by atoms with Gasteiger partial charge < -0.3 is 15.2 Å². The molecule has 2 N–H and O–H groups in total. The van der Waals surface area contributed by atoms with Gasteiger partial charge in [-0.3, -0.25) is 19.7 Å². The summed E-state index contributed by atoms with van der Waals surface area (Å²) < 4.78 is 1.66. The van der Waals surface area contributed by atoms with Gasteiger partial charge in [-0.05, 0) is 24.6 Å². The van der Waals surface area contributed by atoms with E-state index < -0.39 is 10.8 Å². The van der Waals surface area contributed by atoms with Crippen molar-refractivity contribution in [2.24, 2.45) is 7.05 Å². The maximum absolute atomic E-state index is 12.3. The molecule has 0 spiro atoms. The van der Waals surface area contributed by atoms with Gasteiger partial charge in [0.05, 0.1) is 17.2 Å². The second-order valence-electron chi connectivity index (χ2n) is 6.45. The summed E-state index contributed by atoms with van der Waals surface area (Å²) in [5.41, 5.74) is 0.873. The van der Waals surface area contributed by atoms with Crippen molar-refractivity contribution in [1.82, 2.24) is 25.1 Å². The predicted octanol–water partition coefficient (Wildman–Crippen LogP) is 2.09. The summed E-state index contributed by atoms with van der Waals surface area (Å²) in [4.78, 5) is 38.9. The van der Waals surface area contributed by atoms with E-state index in [0.717, 1.165) is 5.56 Å². The average molecular weight is 441 g/mol. The smallest absolute Gasteiger partial charge is 0.270 e. The Bertz CT molecular complexity index is 1130. The highest BCUT2D eigenvalue weighted by Gasteiger charge is 2.15. The fourth-order valence-corrected chi connectivity index (χ4v) is 3.29. The Balaban J connectivity index is 1.54. The van der Waals surface area contributed by atoms with E-state index in [-0.39, 0.29) is 29.5 Å². The number of non-ortho nitro benzene ring substituents is 1. The van der Waals surface area contributed by atoms with E-state index in [0.29, 0.717) is 16.8 Å². The SMILES string of the molecule is Cc1cccnc1NC(=O)CSc1nnc(CNC(=O)c2cccc([N+](=O)[O-])c2)n1C. The molecule has 0 unspecified atom stereocenters. The van der Waals surface area contributed by atoms with Gasteiger partial charge in [0.2, 0.25) is 5.91 Å². The lowest BCUT2D eigenvalue weighted by molar-refractivity contribution is -0.384. The van der Waals surface area contributed by atoms with Crippen molar-refractivity contribution in [3.05, 3.63) is 69.7 Å². The normalized spacial score (nSPS) is 10.5. The van der Waals surface area contributed by atoms with E-state index in [1.807, 2.05) is 13.0 Å². The molecule has 0 aliphatic heterocycles. The molecule has 3 rings (SSSR count). The second-order valence-corrected chi connectivity index (χ2v) is 7.40. The van der Waals surface area contributed by atoms with Gasteiger partial charge in [-0.25, -0.2) is 4.98 Å². The number of nitro groups is 1. The molecule has 0 aliphatic rings. The second kappa shape index (κ2) is 9.80. The number of rotatable bonds is 8. The minimum absolute atomic E-state index is 0.0743. The average Bonchev–Trinajstić information content (AvgIpc) is 3.11. The number of nitro benzene ring substituents is 1. The van der Waals surface area contributed by atoms with Gasteiger partial charge >= 0.3 is 0 Å². The first-order valence-corrected chi connectivity index (χ1v) is 10.1. The van der Waals surface area contributed by atoms with Crippen LogP contribution in [0.1, 0.15) is 21.7 Å². The van der Waals surface area contributed by atoms with Crippen molar-refractivity contribution in [2.45, 2.75) is 18.6 Å². The van der Waals surface area contributed by atoms with Crippen LogP contribution in [0.4, 0.5) is 11.5 Å². The Morgan fingerprint density at radius 3 is 2.77 bits per heavy atom. The van der Waals surface area contributed by atoms with E-state index in [1.54, 1.807) is 23.9 Å². The van der Waals surface area contributed by atoms with Crippen LogP contribution in [-0.4, -0.2) is 42.2 Å². The summed E-state index contributed by atoms with van der Waals surface area (Å²) in [5.74, 6) is 0.404. The molecule has 31 heavy (non-hydrogen) atoms. The fourth-order valence-electron chi connectivity index (χ4n) is 2.56. The zero-order valence-corrected chi connectivity index (χ0v) is 17.5. The van der Waals surface area contributed by atoms with Crippen molar-refractivity contribution in [2.75, 3.05) is 11.1 Å². The number of benzene rings is 1. The van der Waals surface area contributed by atoms with Crippen LogP contribution in [0, 0.1) is 17.0 Å². The molecule has 2 amide bonds. The quantitative estimate of drug-likeness (QED) is 0.307. The number of nitrogens with zero attached hydrogens (tertiary/aromatic N) is 5. The van der Waals surface area contributed by atoms with Crippen LogP contribution >= 0.6 is 11.8 Å². The number of anilines is 1. The third-order valence-electron chi connectivity index (χ3n) is 4.25. The van der Waals surface area contributed by atoms with E-state index in [9.17, 15) is 19.7 Å². The molecule has 160 valence electrons. The summed E-state index contributed by atoms with van der Waals surface area (Å²) in [6, 6.07) is 9.10. The molecular formula is C19H19N7O4S. The molecule has 0 radical (unpaired) electrons. The Hall–Kier alpha value is -3.80. The van der Waals surface area contributed by atoms with Gasteiger partial charge in [-0.1, -0.05) is 23.9 Å². The van der Waals surface area contributed by atoms with Crippen molar-refractivity contribution in [1.29, 1.82) is 0 Å². The first-order valence-electron chi connectivity index (χ1n) is 9.10. The highest BCUT2D eigenvalue weighted by atomic mass is 32.2. The Morgan fingerprint density at radius 1 is 1.23 bits per heavy atom. The highest BCUT2D eigenvalue weighted by Crippen LogP contribution is 2.17. The van der Waals surface area contributed by atoms with Crippen molar-refractivity contribution >= 4 is 35.1 Å². The zero-order chi connectivity index (χ0) is 22.4. The molecule has 0 fully saturated rings. The van der Waals surface area contributed by atoms with E-state index >= 15 is 0 Å². The maximum atomic E-state index is 12.3. The number of amides is 2. The topological polar surface area (TPSA) is 145 Å². The number of hydrogen-bond donors (Lipinski definition) is 2. The van der Waals surface area contributed by atoms with E-state index in [2.05, 4.69) is 25.8 Å². The molecule has 11 nitrogen and oxygen atoms in total. The number of hydrogen-bond acceptors (Lipinski definition) is 8. The van der Waals surface area contributed by atoms with Crippen molar-refractivity contribution < 1.29 is 14.5 Å². The number of pyridine rings is 1. The van der Waals surface area contributed by atoms with Crippen molar-refractivity contribution in [3.63, 3.8) is 0 Å². The largest absolute Gasteiger partial charge is 0.345 e.